The van der Waals surface area contributed by atoms with Crippen LogP contribution in [-0.2, 0) is 19.6 Å². The Morgan fingerprint density at radius 2 is 2.21 bits per heavy atom. The molecule has 1 N–H and O–H groups in total. The molecule has 0 aliphatic carbocycles. The molecule has 0 aromatic rings. The standard InChI is InChI=1S/C12H22N2O4S/c1-19(16,17)14-5-2-3-11(8-14)12(15)13-7-10-4-6-18-9-10/h10-11H,2-9H2,1H3,(H,13,15)/t10-,11-/m0/s1. The van der Waals surface area contributed by atoms with Crippen LogP contribution in [0, 0.1) is 11.8 Å². The predicted octanol–water partition coefficient (Wildman–Crippen LogP) is -0.189. The second-order valence-electron chi connectivity index (χ2n) is 5.43. The number of sulfonamides is 1. The van der Waals surface area contributed by atoms with Crippen LogP contribution in [0.1, 0.15) is 19.3 Å². The van der Waals surface area contributed by atoms with E-state index in [9.17, 15) is 13.2 Å². The van der Waals surface area contributed by atoms with Crippen molar-refractivity contribution in [1.82, 2.24) is 9.62 Å². The van der Waals surface area contributed by atoms with Crippen molar-refractivity contribution in [2.45, 2.75) is 19.3 Å². The summed E-state index contributed by atoms with van der Waals surface area (Å²) in [4.78, 5) is 12.1. The average molecular weight is 290 g/mol. The normalized spacial score (nSPS) is 29.3. The third kappa shape index (κ3) is 4.15. The fourth-order valence-corrected chi connectivity index (χ4v) is 3.50. The summed E-state index contributed by atoms with van der Waals surface area (Å²) in [6.45, 7) is 2.95. The lowest BCUT2D eigenvalue weighted by Gasteiger charge is -2.30. The van der Waals surface area contributed by atoms with E-state index in [1.165, 1.54) is 10.6 Å². The van der Waals surface area contributed by atoms with Gasteiger partial charge in [0.25, 0.3) is 0 Å². The van der Waals surface area contributed by atoms with Crippen LogP contribution in [0.5, 0.6) is 0 Å². The molecule has 0 aromatic carbocycles. The lowest BCUT2D eigenvalue weighted by Crippen LogP contribution is -2.45. The Morgan fingerprint density at radius 1 is 1.42 bits per heavy atom. The number of amides is 1. The van der Waals surface area contributed by atoms with Gasteiger partial charge in [0, 0.05) is 32.2 Å². The molecule has 2 atom stereocenters. The zero-order chi connectivity index (χ0) is 13.9. The Morgan fingerprint density at radius 3 is 2.84 bits per heavy atom. The molecule has 2 aliphatic rings. The van der Waals surface area contributed by atoms with Crippen LogP contribution in [0.4, 0.5) is 0 Å². The summed E-state index contributed by atoms with van der Waals surface area (Å²) in [6.07, 6.45) is 3.69. The van der Waals surface area contributed by atoms with Crippen LogP contribution in [0.3, 0.4) is 0 Å². The highest BCUT2D eigenvalue weighted by molar-refractivity contribution is 7.88. The van der Waals surface area contributed by atoms with E-state index in [2.05, 4.69) is 5.32 Å². The summed E-state index contributed by atoms with van der Waals surface area (Å²) >= 11 is 0. The molecular weight excluding hydrogens is 268 g/mol. The first-order valence-corrected chi connectivity index (χ1v) is 8.62. The molecule has 0 saturated carbocycles. The van der Waals surface area contributed by atoms with Crippen LogP contribution >= 0.6 is 0 Å². The molecule has 6 nitrogen and oxygen atoms in total. The molecular formula is C12H22N2O4S. The van der Waals surface area contributed by atoms with Gasteiger partial charge in [-0.2, -0.15) is 0 Å². The Balaban J connectivity index is 1.81. The van der Waals surface area contributed by atoms with Crippen LogP contribution in [0.15, 0.2) is 0 Å². The molecule has 19 heavy (non-hydrogen) atoms. The Kier molecular flexibility index (Phi) is 4.81. The summed E-state index contributed by atoms with van der Waals surface area (Å²) in [7, 11) is -3.19. The lowest BCUT2D eigenvalue weighted by molar-refractivity contribution is -0.126. The first kappa shape index (κ1) is 14.7. The Bertz CT molecular complexity index is 417. The molecule has 1 amide bonds. The highest BCUT2D eigenvalue weighted by Gasteiger charge is 2.30. The summed E-state index contributed by atoms with van der Waals surface area (Å²) in [5.41, 5.74) is 0. The van der Waals surface area contributed by atoms with Crippen molar-refractivity contribution >= 4 is 15.9 Å². The average Bonchev–Trinajstić information content (AvgIpc) is 2.88. The largest absolute Gasteiger partial charge is 0.381 e. The van der Waals surface area contributed by atoms with Gasteiger partial charge in [-0.05, 0) is 19.3 Å². The minimum absolute atomic E-state index is 0.0275. The molecule has 7 heteroatoms. The summed E-state index contributed by atoms with van der Waals surface area (Å²) < 4.78 is 29.7. The van der Waals surface area contributed by atoms with Gasteiger partial charge in [-0.15, -0.1) is 0 Å². The van der Waals surface area contributed by atoms with Crippen LogP contribution in [-0.4, -0.2) is 57.7 Å². The third-order valence-corrected chi connectivity index (χ3v) is 5.08. The minimum atomic E-state index is -3.19. The second-order valence-corrected chi connectivity index (χ2v) is 7.42. The van der Waals surface area contributed by atoms with E-state index < -0.39 is 10.0 Å². The molecule has 2 heterocycles. The van der Waals surface area contributed by atoms with Crippen molar-refractivity contribution in [3.05, 3.63) is 0 Å². The zero-order valence-corrected chi connectivity index (χ0v) is 12.1. The fourth-order valence-electron chi connectivity index (χ4n) is 2.59. The van der Waals surface area contributed by atoms with Crippen molar-refractivity contribution in [3.63, 3.8) is 0 Å². The van der Waals surface area contributed by atoms with Crippen molar-refractivity contribution in [2.24, 2.45) is 11.8 Å². The number of piperidine rings is 1. The number of hydrogen-bond acceptors (Lipinski definition) is 4. The van der Waals surface area contributed by atoms with Gasteiger partial charge in [0.2, 0.25) is 15.9 Å². The highest BCUT2D eigenvalue weighted by atomic mass is 32.2. The number of rotatable bonds is 4. The van der Waals surface area contributed by atoms with E-state index in [4.69, 9.17) is 4.74 Å². The fraction of sp³-hybridized carbons (Fsp3) is 0.917. The first-order valence-electron chi connectivity index (χ1n) is 6.77. The van der Waals surface area contributed by atoms with Gasteiger partial charge in [-0.25, -0.2) is 12.7 Å². The van der Waals surface area contributed by atoms with E-state index >= 15 is 0 Å². The molecule has 0 radical (unpaired) electrons. The number of carbonyl (C=O) groups is 1. The molecule has 2 saturated heterocycles. The number of nitrogens with one attached hydrogen (secondary N) is 1. The summed E-state index contributed by atoms with van der Waals surface area (Å²) in [6, 6.07) is 0. The SMILES string of the molecule is CS(=O)(=O)N1CCC[C@H](C(=O)NC[C@@H]2CCOC2)C1. The highest BCUT2D eigenvalue weighted by Crippen LogP contribution is 2.19. The second kappa shape index (κ2) is 6.19. The minimum Gasteiger partial charge on any atom is -0.381 e. The molecule has 0 bridgehead atoms. The number of hydrogen-bond donors (Lipinski definition) is 1. The van der Waals surface area contributed by atoms with Gasteiger partial charge in [0.15, 0.2) is 0 Å². The van der Waals surface area contributed by atoms with Gasteiger partial charge in [0.1, 0.15) is 0 Å². The number of nitrogens with zero attached hydrogens (tertiary/aromatic N) is 1. The number of ether oxygens (including phenoxy) is 1. The van der Waals surface area contributed by atoms with Crippen molar-refractivity contribution in [2.75, 3.05) is 39.1 Å². The molecule has 2 aliphatic heterocycles. The van der Waals surface area contributed by atoms with Gasteiger partial charge < -0.3 is 10.1 Å². The van der Waals surface area contributed by atoms with E-state index in [1.54, 1.807) is 0 Å². The number of carbonyl (C=O) groups excluding carboxylic acids is 1. The maximum absolute atomic E-state index is 12.1. The molecule has 2 fully saturated rings. The topological polar surface area (TPSA) is 75.7 Å². The third-order valence-electron chi connectivity index (χ3n) is 3.81. The zero-order valence-electron chi connectivity index (χ0n) is 11.3. The maximum Gasteiger partial charge on any atom is 0.224 e. The lowest BCUT2D eigenvalue weighted by atomic mass is 9.98. The Hall–Kier alpha value is -0.660. The van der Waals surface area contributed by atoms with Crippen molar-refractivity contribution < 1.29 is 17.9 Å². The predicted molar refractivity (Wildman–Crippen MR) is 71.1 cm³/mol. The summed E-state index contributed by atoms with van der Waals surface area (Å²) in [5, 5.41) is 2.93. The van der Waals surface area contributed by atoms with E-state index in [-0.39, 0.29) is 11.8 Å². The van der Waals surface area contributed by atoms with Crippen LogP contribution in [0.25, 0.3) is 0 Å². The molecule has 0 unspecified atom stereocenters. The molecule has 0 spiro atoms. The van der Waals surface area contributed by atoms with E-state index in [0.29, 0.717) is 32.2 Å². The van der Waals surface area contributed by atoms with E-state index in [1.807, 2.05) is 0 Å². The quantitative estimate of drug-likeness (QED) is 0.779. The van der Waals surface area contributed by atoms with Crippen molar-refractivity contribution in [3.8, 4) is 0 Å². The van der Waals surface area contributed by atoms with Gasteiger partial charge in [0.05, 0.1) is 18.8 Å². The van der Waals surface area contributed by atoms with Gasteiger partial charge >= 0.3 is 0 Å². The van der Waals surface area contributed by atoms with Crippen LogP contribution in [0.2, 0.25) is 0 Å². The van der Waals surface area contributed by atoms with Crippen LogP contribution < -0.4 is 5.32 Å². The summed E-state index contributed by atoms with van der Waals surface area (Å²) in [5.74, 6) is 0.157. The Labute approximate surface area is 114 Å². The first-order chi connectivity index (χ1) is 8.97. The maximum atomic E-state index is 12.1. The smallest absolute Gasteiger partial charge is 0.224 e. The van der Waals surface area contributed by atoms with E-state index in [0.717, 1.165) is 25.9 Å². The monoisotopic (exact) mass is 290 g/mol. The molecule has 2 rings (SSSR count). The van der Waals surface area contributed by atoms with Crippen molar-refractivity contribution in [1.29, 1.82) is 0 Å². The van der Waals surface area contributed by atoms with Gasteiger partial charge in [-0.1, -0.05) is 0 Å². The molecule has 110 valence electrons. The molecule has 0 aromatic heterocycles. The van der Waals surface area contributed by atoms with Gasteiger partial charge in [-0.3, -0.25) is 4.79 Å².